The second-order valence-corrected chi connectivity index (χ2v) is 9.35. The second-order valence-electron chi connectivity index (χ2n) is 9.35. The van der Waals surface area contributed by atoms with Gasteiger partial charge in [-0.3, -0.25) is 9.59 Å². The number of aliphatic hydroxyl groups excluding tert-OH is 1. The van der Waals surface area contributed by atoms with Gasteiger partial charge in [-0.25, -0.2) is 0 Å². The summed E-state index contributed by atoms with van der Waals surface area (Å²) in [7, 11) is 5.31. The van der Waals surface area contributed by atoms with Crippen LogP contribution in [0.1, 0.15) is 28.3 Å². The number of hydrogen-bond donors (Lipinski definition) is 1. The first kappa shape index (κ1) is 26.0. The number of Topliss-reactive ketones (excluding diaryl/α,β-unsaturated/α-hetero) is 1. The summed E-state index contributed by atoms with van der Waals surface area (Å²) >= 11 is 0. The van der Waals surface area contributed by atoms with Crippen molar-refractivity contribution in [1.82, 2.24) is 9.80 Å². The van der Waals surface area contributed by atoms with Crippen molar-refractivity contribution in [2.24, 2.45) is 0 Å². The molecule has 0 spiro atoms. The maximum absolute atomic E-state index is 13.3. The molecule has 0 radical (unpaired) electrons. The highest BCUT2D eigenvalue weighted by Crippen LogP contribution is 2.41. The van der Waals surface area contributed by atoms with Crippen LogP contribution < -0.4 is 9.47 Å². The minimum Gasteiger partial charge on any atom is -0.507 e. The van der Waals surface area contributed by atoms with Gasteiger partial charge in [-0.05, 0) is 56.4 Å². The fourth-order valence-electron chi connectivity index (χ4n) is 4.43. The van der Waals surface area contributed by atoms with Crippen LogP contribution in [0.2, 0.25) is 0 Å². The van der Waals surface area contributed by atoms with Crippen molar-refractivity contribution < 1.29 is 24.2 Å². The molecule has 1 aliphatic rings. The molecule has 0 bridgehead atoms. The first-order valence-corrected chi connectivity index (χ1v) is 12.1. The van der Waals surface area contributed by atoms with Crippen LogP contribution in [0.5, 0.6) is 11.5 Å². The lowest BCUT2D eigenvalue weighted by Crippen LogP contribution is -2.35. The van der Waals surface area contributed by atoms with Crippen molar-refractivity contribution >= 4 is 17.4 Å². The van der Waals surface area contributed by atoms with Crippen LogP contribution in [0.4, 0.5) is 0 Å². The monoisotopic (exact) mass is 500 g/mol. The summed E-state index contributed by atoms with van der Waals surface area (Å²) in [5, 5.41) is 11.5. The van der Waals surface area contributed by atoms with E-state index in [1.807, 2.05) is 86.6 Å². The zero-order valence-corrected chi connectivity index (χ0v) is 21.6. The Bertz CT molecular complexity index is 1320. The molecule has 1 amide bonds. The number of rotatable bonds is 9. The van der Waals surface area contributed by atoms with E-state index < -0.39 is 17.7 Å². The summed E-state index contributed by atoms with van der Waals surface area (Å²) in [6.45, 7) is 3.14. The average Bonchev–Trinajstić information content (AvgIpc) is 3.16. The van der Waals surface area contributed by atoms with Gasteiger partial charge in [0.25, 0.3) is 11.7 Å². The molecule has 192 valence electrons. The van der Waals surface area contributed by atoms with Gasteiger partial charge in [0.1, 0.15) is 23.9 Å². The van der Waals surface area contributed by atoms with E-state index in [1.165, 1.54) is 12.0 Å². The van der Waals surface area contributed by atoms with Crippen LogP contribution in [-0.2, 0) is 16.2 Å². The number of aryl methyl sites for hydroxylation is 1. The van der Waals surface area contributed by atoms with Gasteiger partial charge in [-0.2, -0.15) is 0 Å². The third-order valence-corrected chi connectivity index (χ3v) is 6.36. The predicted octanol–water partition coefficient (Wildman–Crippen LogP) is 4.57. The predicted molar refractivity (Wildman–Crippen MR) is 143 cm³/mol. The number of likely N-dealkylation sites (N-methyl/N-ethyl adjacent to an activating group) is 1. The smallest absolute Gasteiger partial charge is 0.295 e. The number of carbonyl (C=O) groups excluding carboxylic acids is 2. The molecule has 0 saturated carbocycles. The zero-order valence-electron chi connectivity index (χ0n) is 21.6. The molecule has 0 aliphatic carbocycles. The van der Waals surface area contributed by atoms with Gasteiger partial charge in [0.15, 0.2) is 0 Å². The third-order valence-electron chi connectivity index (χ3n) is 6.36. The van der Waals surface area contributed by atoms with Crippen molar-refractivity contribution in [3.05, 3.63) is 101 Å². The molecule has 4 rings (SSSR count). The Morgan fingerprint density at radius 1 is 1.00 bits per heavy atom. The van der Waals surface area contributed by atoms with Gasteiger partial charge >= 0.3 is 0 Å². The molecule has 0 aromatic heterocycles. The quantitative estimate of drug-likeness (QED) is 0.264. The van der Waals surface area contributed by atoms with Gasteiger partial charge < -0.3 is 24.4 Å². The SMILES string of the molecule is COc1ccc(C)cc1/C(O)=C1\C(=O)C(=O)N(CCN(C)C)C1c1cccc(OCc2ccccc2)c1. The molecule has 7 heteroatoms. The highest BCUT2D eigenvalue weighted by atomic mass is 16.5. The third kappa shape index (κ3) is 5.67. The van der Waals surface area contributed by atoms with Crippen LogP contribution in [0.25, 0.3) is 5.76 Å². The minimum atomic E-state index is -0.773. The molecule has 1 saturated heterocycles. The summed E-state index contributed by atoms with van der Waals surface area (Å²) in [6.07, 6.45) is 0. The normalized spacial score (nSPS) is 16.9. The van der Waals surface area contributed by atoms with E-state index in [2.05, 4.69) is 0 Å². The van der Waals surface area contributed by atoms with Gasteiger partial charge in [-0.15, -0.1) is 0 Å². The summed E-state index contributed by atoms with van der Waals surface area (Å²) in [4.78, 5) is 30.0. The zero-order chi connectivity index (χ0) is 26.5. The van der Waals surface area contributed by atoms with Crippen molar-refractivity contribution in [3.8, 4) is 11.5 Å². The fraction of sp³-hybridized carbons (Fsp3) is 0.267. The van der Waals surface area contributed by atoms with E-state index in [9.17, 15) is 14.7 Å². The molecule has 37 heavy (non-hydrogen) atoms. The lowest BCUT2D eigenvalue weighted by molar-refractivity contribution is -0.140. The number of nitrogens with zero attached hydrogens (tertiary/aromatic N) is 2. The van der Waals surface area contributed by atoms with Crippen molar-refractivity contribution in [2.45, 2.75) is 19.6 Å². The number of carbonyl (C=O) groups is 2. The number of benzene rings is 3. The van der Waals surface area contributed by atoms with E-state index in [0.717, 1.165) is 11.1 Å². The maximum Gasteiger partial charge on any atom is 0.295 e. The number of amides is 1. The Balaban J connectivity index is 1.79. The Morgan fingerprint density at radius 2 is 1.76 bits per heavy atom. The molecule has 1 fully saturated rings. The first-order chi connectivity index (χ1) is 17.8. The second kappa shape index (κ2) is 11.3. The van der Waals surface area contributed by atoms with Crippen molar-refractivity contribution in [2.75, 3.05) is 34.3 Å². The van der Waals surface area contributed by atoms with Gasteiger partial charge in [0.05, 0.1) is 24.3 Å². The van der Waals surface area contributed by atoms with Gasteiger partial charge in [0, 0.05) is 13.1 Å². The van der Waals surface area contributed by atoms with E-state index in [-0.39, 0.29) is 11.3 Å². The van der Waals surface area contributed by atoms with Crippen LogP contribution in [0, 0.1) is 6.92 Å². The summed E-state index contributed by atoms with van der Waals surface area (Å²) < 4.78 is 11.5. The van der Waals surface area contributed by atoms with Gasteiger partial charge in [0.2, 0.25) is 0 Å². The molecule has 1 unspecified atom stereocenters. The number of ether oxygens (including phenoxy) is 2. The molecule has 1 atom stereocenters. The number of ketones is 1. The van der Waals surface area contributed by atoms with E-state index in [0.29, 0.717) is 42.3 Å². The maximum atomic E-state index is 13.3. The lowest BCUT2D eigenvalue weighted by atomic mass is 9.94. The molecule has 3 aromatic rings. The van der Waals surface area contributed by atoms with Crippen LogP contribution in [-0.4, -0.2) is 60.9 Å². The topological polar surface area (TPSA) is 79.3 Å². The molecule has 1 N–H and O–H groups in total. The number of aliphatic hydroxyl groups is 1. The largest absolute Gasteiger partial charge is 0.507 e. The number of methoxy groups -OCH3 is 1. The lowest BCUT2D eigenvalue weighted by Gasteiger charge is -2.27. The van der Waals surface area contributed by atoms with Crippen molar-refractivity contribution in [3.63, 3.8) is 0 Å². The fourth-order valence-corrected chi connectivity index (χ4v) is 4.43. The van der Waals surface area contributed by atoms with Crippen molar-refractivity contribution in [1.29, 1.82) is 0 Å². The molecule has 3 aromatic carbocycles. The highest BCUT2D eigenvalue weighted by molar-refractivity contribution is 6.46. The summed E-state index contributed by atoms with van der Waals surface area (Å²) in [5.41, 5.74) is 2.99. The summed E-state index contributed by atoms with van der Waals surface area (Å²) in [5.74, 6) is -0.600. The minimum absolute atomic E-state index is 0.0351. The highest BCUT2D eigenvalue weighted by Gasteiger charge is 2.46. The molecule has 1 aliphatic heterocycles. The van der Waals surface area contributed by atoms with Gasteiger partial charge in [-0.1, -0.05) is 54.1 Å². The van der Waals surface area contributed by atoms with Crippen LogP contribution in [0.3, 0.4) is 0 Å². The van der Waals surface area contributed by atoms with E-state index in [1.54, 1.807) is 12.1 Å². The summed E-state index contributed by atoms with van der Waals surface area (Å²) in [6, 6.07) is 21.7. The number of hydrogen-bond acceptors (Lipinski definition) is 6. The molecule has 7 nitrogen and oxygen atoms in total. The molecular weight excluding hydrogens is 468 g/mol. The van der Waals surface area contributed by atoms with E-state index in [4.69, 9.17) is 9.47 Å². The van der Waals surface area contributed by atoms with Crippen LogP contribution in [0.15, 0.2) is 78.4 Å². The Labute approximate surface area is 217 Å². The Hall–Kier alpha value is -4.10. The Morgan fingerprint density at radius 3 is 2.46 bits per heavy atom. The molecular formula is C30H32N2O5. The number of likely N-dealkylation sites (tertiary alicyclic amines) is 1. The standard InChI is InChI=1S/C30H32N2O5/c1-20-13-14-25(36-4)24(17-20)28(33)26-27(32(16-15-31(2)3)30(35)29(26)34)22-11-8-12-23(18-22)37-19-21-9-6-5-7-10-21/h5-14,17-18,27,33H,15-16,19H2,1-4H3/b28-26+. The van der Waals surface area contributed by atoms with E-state index >= 15 is 0 Å². The first-order valence-electron chi connectivity index (χ1n) is 12.1. The van der Waals surface area contributed by atoms with Crippen LogP contribution >= 0.6 is 0 Å². The average molecular weight is 501 g/mol. The molecule has 1 heterocycles. The Kier molecular flexibility index (Phi) is 7.94.